The number of carboxylic acid groups (broad SMARTS) is 1. The van der Waals surface area contributed by atoms with Crippen LogP contribution < -0.4 is 10.4 Å². The predicted octanol–water partition coefficient (Wildman–Crippen LogP) is 1.02. The van der Waals surface area contributed by atoms with Crippen LogP contribution in [0.15, 0.2) is 0 Å². The lowest BCUT2D eigenvalue weighted by Gasteiger charge is -2.30. The van der Waals surface area contributed by atoms with Crippen molar-refractivity contribution in [2.24, 2.45) is 0 Å². The number of carbonyl (C=O) groups is 2. The number of hydrogen-bond donors (Lipinski definition) is 1. The highest BCUT2D eigenvalue weighted by Gasteiger charge is 2.14. The molecule has 130 valence electrons. The Morgan fingerprint density at radius 3 is 2.41 bits per heavy atom. The molecule has 0 fully saturated rings. The summed E-state index contributed by atoms with van der Waals surface area (Å²) in [4.78, 5) is 22.2. The number of halogens is 1. The summed E-state index contributed by atoms with van der Waals surface area (Å²) < 4.78 is 13.7. The highest BCUT2D eigenvalue weighted by atomic mass is 19.1. The van der Waals surface area contributed by atoms with Gasteiger partial charge in [0.2, 0.25) is 5.91 Å². The van der Waals surface area contributed by atoms with Crippen LogP contribution in [0.5, 0.6) is 0 Å². The van der Waals surface area contributed by atoms with E-state index < -0.39 is 12.1 Å². The number of quaternary nitrogens is 1. The van der Waals surface area contributed by atoms with E-state index in [4.69, 9.17) is 0 Å². The van der Waals surface area contributed by atoms with Gasteiger partial charge in [-0.2, -0.15) is 0 Å². The lowest BCUT2D eigenvalue weighted by Crippen LogP contribution is -2.49. The molecule has 0 aliphatic carbocycles. The summed E-state index contributed by atoms with van der Waals surface area (Å²) in [6.45, 7) is 3.16. The number of likely N-dealkylation sites (N-methyl/N-ethyl adjacent to an activating group) is 1. The van der Waals surface area contributed by atoms with Crippen molar-refractivity contribution in [2.75, 3.05) is 33.7 Å². The molecule has 1 atom stereocenters. The maximum atomic E-state index is 13.4. The zero-order valence-corrected chi connectivity index (χ0v) is 14.2. The van der Waals surface area contributed by atoms with Crippen LogP contribution >= 0.6 is 0 Å². The van der Waals surface area contributed by atoms with E-state index in [2.05, 4.69) is 5.32 Å². The number of aliphatic carboxylic acids is 1. The topological polar surface area (TPSA) is 69.2 Å². The van der Waals surface area contributed by atoms with Crippen molar-refractivity contribution in [1.29, 1.82) is 0 Å². The average Bonchev–Trinajstić information content (AvgIpc) is 2.40. The summed E-state index contributed by atoms with van der Waals surface area (Å²) >= 11 is 0. The van der Waals surface area contributed by atoms with Crippen molar-refractivity contribution >= 4 is 11.9 Å². The van der Waals surface area contributed by atoms with Crippen molar-refractivity contribution < 1.29 is 23.6 Å². The van der Waals surface area contributed by atoms with Crippen molar-refractivity contribution in [1.82, 2.24) is 5.32 Å². The van der Waals surface area contributed by atoms with Gasteiger partial charge in [0.25, 0.3) is 0 Å². The van der Waals surface area contributed by atoms with Gasteiger partial charge in [-0.1, -0.05) is 19.8 Å². The third-order valence-corrected chi connectivity index (χ3v) is 3.61. The third-order valence-electron chi connectivity index (χ3n) is 3.61. The summed E-state index contributed by atoms with van der Waals surface area (Å²) in [5.41, 5.74) is 0. The Morgan fingerprint density at radius 2 is 1.82 bits per heavy atom. The minimum absolute atomic E-state index is 0.0381. The van der Waals surface area contributed by atoms with Crippen LogP contribution in [0.3, 0.4) is 0 Å². The number of nitrogens with one attached hydrogen (secondary N) is 1. The van der Waals surface area contributed by atoms with Gasteiger partial charge < -0.3 is 19.7 Å². The van der Waals surface area contributed by atoms with E-state index in [-0.39, 0.29) is 12.5 Å². The van der Waals surface area contributed by atoms with Crippen molar-refractivity contribution in [3.8, 4) is 0 Å². The molecule has 1 N–H and O–H groups in total. The molecule has 0 aromatic heterocycles. The number of nitrogens with zero attached hydrogens (tertiary/aromatic N) is 1. The molecular weight excluding hydrogens is 287 g/mol. The molecule has 1 unspecified atom stereocenters. The Morgan fingerprint density at radius 1 is 1.18 bits per heavy atom. The highest BCUT2D eigenvalue weighted by molar-refractivity contribution is 5.75. The van der Waals surface area contributed by atoms with Gasteiger partial charge in [0.15, 0.2) is 0 Å². The van der Waals surface area contributed by atoms with Crippen LogP contribution in [0.1, 0.15) is 51.9 Å². The predicted molar refractivity (Wildman–Crippen MR) is 82.7 cm³/mol. The first-order chi connectivity index (χ1) is 10.3. The molecule has 0 radical (unpaired) electrons. The Kier molecular flexibility index (Phi) is 10.8. The Balaban J connectivity index is 3.63. The van der Waals surface area contributed by atoms with Gasteiger partial charge in [-0.25, -0.2) is 4.39 Å². The number of alkyl halides is 1. The minimum Gasteiger partial charge on any atom is -0.544 e. The Bertz CT molecular complexity index is 335. The van der Waals surface area contributed by atoms with E-state index in [0.29, 0.717) is 49.7 Å². The molecular formula is C16H31FN2O3. The van der Waals surface area contributed by atoms with Crippen LogP contribution in [0, 0.1) is 0 Å². The van der Waals surface area contributed by atoms with E-state index >= 15 is 0 Å². The highest BCUT2D eigenvalue weighted by Crippen LogP contribution is 2.11. The fourth-order valence-electron chi connectivity index (χ4n) is 2.31. The molecule has 1 amide bonds. The maximum Gasteiger partial charge on any atom is 0.219 e. The molecule has 0 saturated heterocycles. The summed E-state index contributed by atoms with van der Waals surface area (Å²) in [6.07, 6.45) is 3.75. The van der Waals surface area contributed by atoms with Crippen molar-refractivity contribution in [3.05, 3.63) is 0 Å². The fraction of sp³-hybridized carbons (Fsp3) is 0.875. The first kappa shape index (κ1) is 20.8. The van der Waals surface area contributed by atoms with Crippen LogP contribution in [0.4, 0.5) is 4.39 Å². The number of unbranched alkanes of at least 4 members (excludes halogenated alkanes) is 1. The first-order valence-corrected chi connectivity index (χ1v) is 8.19. The lowest BCUT2D eigenvalue weighted by molar-refractivity contribution is -0.884. The summed E-state index contributed by atoms with van der Waals surface area (Å²) in [6, 6.07) is 0. The molecule has 0 aliphatic rings. The second kappa shape index (κ2) is 11.4. The molecule has 0 spiro atoms. The van der Waals surface area contributed by atoms with Gasteiger partial charge in [-0.05, 0) is 19.3 Å². The van der Waals surface area contributed by atoms with Crippen molar-refractivity contribution in [2.45, 2.75) is 58.0 Å². The SMILES string of the molecule is CCCCC(F)CCCC(=O)NCCC[N+](C)(C)CC(=O)[O-]. The van der Waals surface area contributed by atoms with Gasteiger partial charge in [0.05, 0.1) is 26.6 Å². The minimum atomic E-state index is -1.07. The number of hydrogen-bond acceptors (Lipinski definition) is 3. The Labute approximate surface area is 133 Å². The standard InChI is InChI=1S/C16H31FN2O3/c1-4-5-8-14(17)9-6-10-15(20)18-11-7-12-19(2,3)13-16(21)22/h14H,4-13H2,1-3H3,(H-,18,20,21,22). The molecule has 0 heterocycles. The molecule has 0 rings (SSSR count). The molecule has 0 aromatic rings. The van der Waals surface area contributed by atoms with Crippen LogP contribution in [-0.4, -0.2) is 56.3 Å². The number of rotatable bonds is 13. The van der Waals surface area contributed by atoms with E-state index in [1.807, 2.05) is 21.0 Å². The molecule has 0 saturated carbocycles. The van der Waals surface area contributed by atoms with Gasteiger partial charge in [-0.3, -0.25) is 4.79 Å². The zero-order valence-electron chi connectivity index (χ0n) is 14.2. The summed E-state index contributed by atoms with van der Waals surface area (Å²) in [5.74, 6) is -1.13. The second-order valence-corrected chi connectivity index (χ2v) is 6.52. The first-order valence-electron chi connectivity index (χ1n) is 8.19. The van der Waals surface area contributed by atoms with Gasteiger partial charge in [-0.15, -0.1) is 0 Å². The maximum absolute atomic E-state index is 13.4. The van der Waals surface area contributed by atoms with E-state index in [0.717, 1.165) is 12.8 Å². The zero-order chi connectivity index (χ0) is 17.0. The smallest absolute Gasteiger partial charge is 0.219 e. The van der Waals surface area contributed by atoms with E-state index in [1.54, 1.807) is 0 Å². The third kappa shape index (κ3) is 12.6. The molecule has 0 aromatic carbocycles. The lowest BCUT2D eigenvalue weighted by atomic mass is 10.1. The van der Waals surface area contributed by atoms with E-state index in [1.165, 1.54) is 0 Å². The largest absolute Gasteiger partial charge is 0.544 e. The van der Waals surface area contributed by atoms with Crippen LogP contribution in [0.25, 0.3) is 0 Å². The molecule has 0 bridgehead atoms. The van der Waals surface area contributed by atoms with Crippen molar-refractivity contribution in [3.63, 3.8) is 0 Å². The van der Waals surface area contributed by atoms with Gasteiger partial charge in [0.1, 0.15) is 12.7 Å². The van der Waals surface area contributed by atoms with Gasteiger partial charge in [0, 0.05) is 19.4 Å². The summed E-state index contributed by atoms with van der Waals surface area (Å²) in [5, 5.41) is 13.4. The Hall–Kier alpha value is -1.17. The quantitative estimate of drug-likeness (QED) is 0.407. The molecule has 6 heteroatoms. The molecule has 0 aliphatic heterocycles. The molecule has 22 heavy (non-hydrogen) atoms. The fourth-order valence-corrected chi connectivity index (χ4v) is 2.31. The number of carboxylic acids is 1. The normalized spacial score (nSPS) is 12.9. The number of carbonyl (C=O) groups excluding carboxylic acids is 2. The monoisotopic (exact) mass is 318 g/mol. The number of amides is 1. The van der Waals surface area contributed by atoms with Crippen LogP contribution in [-0.2, 0) is 9.59 Å². The summed E-state index contributed by atoms with van der Waals surface area (Å²) in [7, 11) is 3.63. The molecule has 5 nitrogen and oxygen atoms in total. The van der Waals surface area contributed by atoms with Crippen LogP contribution in [0.2, 0.25) is 0 Å². The van der Waals surface area contributed by atoms with Gasteiger partial charge >= 0.3 is 0 Å². The second-order valence-electron chi connectivity index (χ2n) is 6.52. The van der Waals surface area contributed by atoms with E-state index in [9.17, 15) is 19.1 Å². The average molecular weight is 318 g/mol.